The van der Waals surface area contributed by atoms with Gasteiger partial charge in [-0.25, -0.2) is 19.0 Å². The van der Waals surface area contributed by atoms with Crippen LogP contribution in [0.25, 0.3) is 10.2 Å². The Morgan fingerprint density at radius 1 is 1.00 bits per heavy atom. The number of pyridine rings is 1. The lowest BCUT2D eigenvalue weighted by Crippen LogP contribution is -2.33. The zero-order valence-corrected chi connectivity index (χ0v) is 26.0. The Morgan fingerprint density at radius 3 is 2.39 bits per heavy atom. The summed E-state index contributed by atoms with van der Waals surface area (Å²) >= 11 is 1.18. The van der Waals surface area contributed by atoms with Gasteiger partial charge in [-0.15, -0.1) is 0 Å². The normalized spacial score (nSPS) is 12.1. The molecular weight excluding hydrogens is 585 g/mol. The van der Waals surface area contributed by atoms with Gasteiger partial charge in [-0.2, -0.15) is 0 Å². The second-order valence-electron chi connectivity index (χ2n) is 11.3. The number of halogens is 1. The Hall–Kier alpha value is -4.62. The van der Waals surface area contributed by atoms with Crippen molar-refractivity contribution in [2.45, 2.75) is 45.3 Å². The average molecular weight is 622 g/mol. The van der Waals surface area contributed by atoms with Gasteiger partial charge in [0.25, 0.3) is 5.91 Å². The van der Waals surface area contributed by atoms with Crippen LogP contribution in [0.3, 0.4) is 0 Å². The zero-order valence-electron chi connectivity index (χ0n) is 25.2. The Morgan fingerprint density at radius 2 is 1.73 bits per heavy atom. The van der Waals surface area contributed by atoms with E-state index in [0.717, 1.165) is 13.0 Å². The number of rotatable bonds is 10. The number of anilines is 3. The maximum absolute atomic E-state index is 13.6. The third-order valence-electron chi connectivity index (χ3n) is 6.21. The van der Waals surface area contributed by atoms with Crippen LogP contribution in [0, 0.1) is 5.82 Å². The molecule has 232 valence electrons. The lowest BCUT2D eigenvalue weighted by molar-refractivity contribution is 0.0635. The zero-order chi connectivity index (χ0) is 31.9. The molecule has 4 amide bonds. The van der Waals surface area contributed by atoms with E-state index in [0.29, 0.717) is 38.7 Å². The summed E-state index contributed by atoms with van der Waals surface area (Å²) in [7, 11) is 3.95. The van der Waals surface area contributed by atoms with Crippen LogP contribution in [0.1, 0.15) is 55.7 Å². The highest BCUT2D eigenvalue weighted by Crippen LogP contribution is 2.27. The van der Waals surface area contributed by atoms with Crippen molar-refractivity contribution in [2.75, 3.05) is 36.6 Å². The summed E-state index contributed by atoms with van der Waals surface area (Å²) in [5, 5.41) is 11.5. The maximum atomic E-state index is 13.6. The monoisotopic (exact) mass is 621 g/mol. The third-order valence-corrected chi connectivity index (χ3v) is 7.14. The van der Waals surface area contributed by atoms with Gasteiger partial charge in [0, 0.05) is 6.20 Å². The molecule has 0 saturated carbocycles. The van der Waals surface area contributed by atoms with Gasteiger partial charge in [0.15, 0.2) is 5.13 Å². The van der Waals surface area contributed by atoms with E-state index in [1.54, 1.807) is 69.4 Å². The molecule has 0 bridgehead atoms. The number of thiazole rings is 1. The molecular formula is C31H36FN7O4S. The quantitative estimate of drug-likeness (QED) is 0.156. The minimum absolute atomic E-state index is 0.152. The Labute approximate surface area is 259 Å². The molecule has 44 heavy (non-hydrogen) atoms. The van der Waals surface area contributed by atoms with Crippen molar-refractivity contribution in [3.05, 3.63) is 77.9 Å². The predicted molar refractivity (Wildman–Crippen MR) is 171 cm³/mol. The fourth-order valence-corrected chi connectivity index (χ4v) is 5.11. The van der Waals surface area contributed by atoms with E-state index in [4.69, 9.17) is 4.74 Å². The number of ether oxygens (including phenoxy) is 1. The van der Waals surface area contributed by atoms with Crippen molar-refractivity contribution < 1.29 is 23.5 Å². The van der Waals surface area contributed by atoms with Gasteiger partial charge in [0.2, 0.25) is 0 Å². The Bertz CT molecular complexity index is 1620. The predicted octanol–water partition coefficient (Wildman–Crippen LogP) is 6.63. The van der Waals surface area contributed by atoms with Crippen LogP contribution in [0.4, 0.5) is 30.5 Å². The summed E-state index contributed by atoms with van der Waals surface area (Å²) in [6.07, 6.45) is 2.33. The molecule has 0 spiro atoms. The first-order chi connectivity index (χ1) is 20.9. The first kappa shape index (κ1) is 32.3. The van der Waals surface area contributed by atoms with E-state index in [1.807, 2.05) is 14.1 Å². The fourth-order valence-electron chi connectivity index (χ4n) is 4.22. The van der Waals surface area contributed by atoms with Gasteiger partial charge in [-0.05, 0) is 96.2 Å². The number of carbonyl (C=O) groups is 3. The van der Waals surface area contributed by atoms with Crippen molar-refractivity contribution in [1.29, 1.82) is 0 Å². The molecule has 1 unspecified atom stereocenters. The summed E-state index contributed by atoms with van der Waals surface area (Å²) in [5.74, 6) is -0.846. The third kappa shape index (κ3) is 9.44. The van der Waals surface area contributed by atoms with E-state index in [9.17, 15) is 18.8 Å². The summed E-state index contributed by atoms with van der Waals surface area (Å²) in [6.45, 7) is 6.09. The van der Waals surface area contributed by atoms with Gasteiger partial charge in [0.1, 0.15) is 17.1 Å². The van der Waals surface area contributed by atoms with Crippen molar-refractivity contribution >= 4 is 56.1 Å². The van der Waals surface area contributed by atoms with Gasteiger partial charge in [-0.3, -0.25) is 20.4 Å². The van der Waals surface area contributed by atoms with Crippen LogP contribution < -0.4 is 21.3 Å². The number of nitrogens with one attached hydrogen (secondary N) is 4. The van der Waals surface area contributed by atoms with Gasteiger partial charge < -0.3 is 20.3 Å². The number of urea groups is 1. The van der Waals surface area contributed by atoms with E-state index >= 15 is 0 Å². The first-order valence-corrected chi connectivity index (χ1v) is 14.8. The molecule has 4 rings (SSSR count). The smallest absolute Gasteiger partial charge is 0.412 e. The molecule has 2 aromatic carbocycles. The van der Waals surface area contributed by atoms with Crippen LogP contribution in [0.2, 0.25) is 0 Å². The SMILES string of the molecule is CN(C)CCCC(NC(=O)Nc1nc2ccc(F)cc2s1)c1ccc(C(=O)Nc2ccccc2NC(=O)OC(C)(C)C)nc1. The molecule has 0 aliphatic heterocycles. The highest BCUT2D eigenvalue weighted by atomic mass is 32.1. The summed E-state index contributed by atoms with van der Waals surface area (Å²) in [6, 6.07) is 13.5. The summed E-state index contributed by atoms with van der Waals surface area (Å²) < 4.78 is 19.5. The number of amides is 4. The van der Waals surface area contributed by atoms with Gasteiger partial charge >= 0.3 is 12.1 Å². The van der Waals surface area contributed by atoms with Crippen LogP contribution >= 0.6 is 11.3 Å². The molecule has 2 heterocycles. The lowest BCUT2D eigenvalue weighted by Gasteiger charge is -2.21. The van der Waals surface area contributed by atoms with Gasteiger partial charge in [0.05, 0.1) is 27.6 Å². The molecule has 0 aliphatic rings. The van der Waals surface area contributed by atoms with Crippen molar-refractivity contribution in [1.82, 2.24) is 20.2 Å². The molecule has 0 fully saturated rings. The average Bonchev–Trinajstić information content (AvgIpc) is 3.33. The lowest BCUT2D eigenvalue weighted by atomic mass is 10.0. The molecule has 4 aromatic rings. The number of para-hydroxylation sites is 2. The van der Waals surface area contributed by atoms with E-state index < -0.39 is 29.7 Å². The summed E-state index contributed by atoms with van der Waals surface area (Å²) in [5.41, 5.74) is 1.54. The number of hydrogen-bond acceptors (Lipinski definition) is 8. The molecule has 2 aromatic heterocycles. The minimum Gasteiger partial charge on any atom is -0.444 e. The fraction of sp³-hybridized carbons (Fsp3) is 0.323. The maximum Gasteiger partial charge on any atom is 0.412 e. The number of benzene rings is 2. The summed E-state index contributed by atoms with van der Waals surface area (Å²) in [4.78, 5) is 49.0. The molecule has 13 heteroatoms. The van der Waals surface area contributed by atoms with E-state index in [2.05, 4.69) is 36.1 Å². The van der Waals surface area contributed by atoms with E-state index in [-0.39, 0.29) is 11.5 Å². The number of aromatic nitrogens is 2. The molecule has 1 atom stereocenters. The molecule has 11 nitrogen and oxygen atoms in total. The molecule has 0 aliphatic carbocycles. The largest absolute Gasteiger partial charge is 0.444 e. The second kappa shape index (κ2) is 14.2. The number of fused-ring (bicyclic) bond motifs is 1. The van der Waals surface area contributed by atoms with Crippen molar-refractivity contribution in [3.8, 4) is 0 Å². The number of nitrogens with zero attached hydrogens (tertiary/aromatic N) is 3. The highest BCUT2D eigenvalue weighted by molar-refractivity contribution is 7.22. The van der Waals surface area contributed by atoms with Crippen LogP contribution in [0.5, 0.6) is 0 Å². The van der Waals surface area contributed by atoms with Crippen LogP contribution in [-0.2, 0) is 4.74 Å². The first-order valence-electron chi connectivity index (χ1n) is 14.0. The highest BCUT2D eigenvalue weighted by Gasteiger charge is 2.20. The molecule has 4 N–H and O–H groups in total. The standard InChI is InChI=1S/C31H36FN7O4S/c1-31(2,3)43-30(42)37-23-10-7-6-9-22(23)34-27(40)25-14-12-19(18-33-25)21(11-8-16-39(4)5)35-28(41)38-29-36-24-15-13-20(32)17-26(24)44-29/h6-7,9-10,12-15,17-18,21H,8,11,16H2,1-5H3,(H,34,40)(H,37,42)(H2,35,36,38,41). The minimum atomic E-state index is -0.677. The van der Waals surface area contributed by atoms with Crippen LogP contribution in [-0.4, -0.2) is 59.1 Å². The molecule has 0 saturated heterocycles. The van der Waals surface area contributed by atoms with Crippen LogP contribution in [0.15, 0.2) is 60.8 Å². The van der Waals surface area contributed by atoms with E-state index in [1.165, 1.54) is 23.5 Å². The van der Waals surface area contributed by atoms with Gasteiger partial charge in [-0.1, -0.05) is 29.5 Å². The topological polar surface area (TPSA) is 138 Å². The van der Waals surface area contributed by atoms with Crippen molar-refractivity contribution in [3.63, 3.8) is 0 Å². The molecule has 0 radical (unpaired) electrons. The van der Waals surface area contributed by atoms with Crippen molar-refractivity contribution in [2.24, 2.45) is 0 Å². The number of carbonyl (C=O) groups excluding carboxylic acids is 3. The second-order valence-corrected chi connectivity index (χ2v) is 12.4. The Kier molecular flexibility index (Phi) is 10.4. The Balaban J connectivity index is 1.44. The number of hydrogen-bond donors (Lipinski definition) is 4.